The molecule has 1 aromatic heterocycles. The second kappa shape index (κ2) is 8.40. The lowest BCUT2D eigenvalue weighted by Gasteiger charge is -2.04. The number of nitrogens with one attached hydrogen (secondary N) is 2. The van der Waals surface area contributed by atoms with Crippen molar-refractivity contribution in [1.82, 2.24) is 10.6 Å². The maximum atomic E-state index is 11.5. The van der Waals surface area contributed by atoms with Crippen molar-refractivity contribution < 1.29 is 9.72 Å². The summed E-state index contributed by atoms with van der Waals surface area (Å²) in [6, 6.07) is 10.5. The Labute approximate surface area is 138 Å². The van der Waals surface area contributed by atoms with Gasteiger partial charge < -0.3 is 10.6 Å². The lowest BCUT2D eigenvalue weighted by Crippen LogP contribution is -2.33. The highest BCUT2D eigenvalue weighted by atomic mass is 32.1. The van der Waals surface area contributed by atoms with Crippen molar-refractivity contribution in [3.8, 4) is 10.4 Å². The molecule has 0 fully saturated rings. The Morgan fingerprint density at radius 3 is 2.78 bits per heavy atom. The van der Waals surface area contributed by atoms with E-state index in [9.17, 15) is 14.9 Å². The predicted octanol–water partition coefficient (Wildman–Crippen LogP) is 2.94. The smallest absolute Gasteiger partial charge is 0.278 e. The zero-order valence-electron chi connectivity index (χ0n) is 12.9. The van der Waals surface area contributed by atoms with Gasteiger partial charge in [-0.2, -0.15) is 0 Å². The van der Waals surface area contributed by atoms with Crippen LogP contribution in [0.2, 0.25) is 0 Å². The molecule has 6 nitrogen and oxygen atoms in total. The summed E-state index contributed by atoms with van der Waals surface area (Å²) in [6.45, 7) is 3.51. The second-order valence-electron chi connectivity index (χ2n) is 4.99. The number of rotatable bonds is 8. The number of nitro benzene ring substituents is 1. The highest BCUT2D eigenvalue weighted by Crippen LogP contribution is 2.34. The summed E-state index contributed by atoms with van der Waals surface area (Å²) in [5, 5.41) is 17.0. The van der Waals surface area contributed by atoms with E-state index in [0.29, 0.717) is 18.7 Å². The minimum absolute atomic E-state index is 0.0256. The fraction of sp³-hybridized carbons (Fsp3) is 0.312. The normalized spacial score (nSPS) is 10.5. The lowest BCUT2D eigenvalue weighted by molar-refractivity contribution is -0.384. The molecule has 0 atom stereocenters. The second-order valence-corrected chi connectivity index (χ2v) is 6.16. The molecule has 1 aromatic carbocycles. The van der Waals surface area contributed by atoms with Crippen molar-refractivity contribution in [3.05, 3.63) is 51.4 Å². The predicted molar refractivity (Wildman–Crippen MR) is 91.4 cm³/mol. The fourth-order valence-electron chi connectivity index (χ4n) is 2.09. The molecule has 0 radical (unpaired) electrons. The van der Waals surface area contributed by atoms with Crippen molar-refractivity contribution in [2.45, 2.75) is 19.9 Å². The number of nitrogens with zero attached hydrogens (tertiary/aromatic N) is 1. The number of para-hydroxylation sites is 1. The Bertz CT molecular complexity index is 685. The molecule has 122 valence electrons. The summed E-state index contributed by atoms with van der Waals surface area (Å²) in [5.41, 5.74) is 0.724. The fourth-order valence-corrected chi connectivity index (χ4v) is 3.10. The number of amides is 1. The number of carbonyl (C=O) groups excluding carboxylic acids is 1. The largest absolute Gasteiger partial charge is 0.355 e. The number of hydrogen-bond donors (Lipinski definition) is 2. The molecular weight excluding hydrogens is 314 g/mol. The van der Waals surface area contributed by atoms with Crippen molar-refractivity contribution in [2.75, 3.05) is 13.1 Å². The third kappa shape index (κ3) is 4.87. The Hall–Kier alpha value is -2.25. The van der Waals surface area contributed by atoms with E-state index in [0.717, 1.165) is 16.2 Å². The SMILES string of the molecule is CCCNC(=O)CNCc1ccc(-c2ccccc2[N+](=O)[O-])s1. The van der Waals surface area contributed by atoms with Crippen LogP contribution < -0.4 is 10.6 Å². The van der Waals surface area contributed by atoms with Crippen LogP contribution in [0.1, 0.15) is 18.2 Å². The minimum atomic E-state index is -0.370. The number of nitro groups is 1. The highest BCUT2D eigenvalue weighted by molar-refractivity contribution is 7.15. The van der Waals surface area contributed by atoms with Crippen LogP contribution in [-0.4, -0.2) is 23.9 Å². The summed E-state index contributed by atoms with van der Waals surface area (Å²) in [6.07, 6.45) is 0.913. The molecular formula is C16H19N3O3S. The standard InChI is InChI=1S/C16H19N3O3S/c1-2-9-18-16(20)11-17-10-12-7-8-15(23-12)13-5-3-4-6-14(13)19(21)22/h3-8,17H,2,9-11H2,1H3,(H,18,20). The van der Waals surface area contributed by atoms with Crippen LogP contribution in [0, 0.1) is 10.1 Å². The molecule has 0 saturated carbocycles. The Kier molecular flexibility index (Phi) is 6.25. The first-order valence-corrected chi connectivity index (χ1v) is 8.23. The Morgan fingerprint density at radius 2 is 2.04 bits per heavy atom. The molecule has 2 rings (SSSR count). The van der Waals surface area contributed by atoms with Crippen LogP contribution in [0.25, 0.3) is 10.4 Å². The monoisotopic (exact) mass is 333 g/mol. The number of carbonyl (C=O) groups is 1. The molecule has 0 saturated heterocycles. The molecule has 23 heavy (non-hydrogen) atoms. The topological polar surface area (TPSA) is 84.3 Å². The molecule has 0 aliphatic heterocycles. The molecule has 0 bridgehead atoms. The van der Waals surface area contributed by atoms with Crippen LogP contribution >= 0.6 is 11.3 Å². The van der Waals surface area contributed by atoms with Crippen LogP contribution in [-0.2, 0) is 11.3 Å². The Morgan fingerprint density at radius 1 is 1.26 bits per heavy atom. The maximum absolute atomic E-state index is 11.5. The van der Waals surface area contributed by atoms with E-state index in [2.05, 4.69) is 10.6 Å². The van der Waals surface area contributed by atoms with Gasteiger partial charge in [-0.25, -0.2) is 0 Å². The molecule has 0 aliphatic carbocycles. The van der Waals surface area contributed by atoms with E-state index in [-0.39, 0.29) is 23.1 Å². The summed E-state index contributed by atoms with van der Waals surface area (Å²) in [4.78, 5) is 24.1. The molecule has 0 unspecified atom stereocenters. The van der Waals surface area contributed by atoms with E-state index in [4.69, 9.17) is 0 Å². The first-order chi connectivity index (χ1) is 11.1. The third-order valence-electron chi connectivity index (χ3n) is 3.18. The van der Waals surface area contributed by atoms with E-state index in [1.807, 2.05) is 19.1 Å². The van der Waals surface area contributed by atoms with Gasteiger partial charge in [0.15, 0.2) is 0 Å². The van der Waals surface area contributed by atoms with E-state index in [1.54, 1.807) is 18.2 Å². The molecule has 2 aromatic rings. The van der Waals surface area contributed by atoms with Crippen LogP contribution in [0.3, 0.4) is 0 Å². The van der Waals surface area contributed by atoms with Gasteiger partial charge >= 0.3 is 0 Å². The van der Waals surface area contributed by atoms with Crippen molar-refractivity contribution in [3.63, 3.8) is 0 Å². The molecule has 1 amide bonds. The van der Waals surface area contributed by atoms with Gasteiger partial charge in [-0.3, -0.25) is 14.9 Å². The summed E-state index contributed by atoms with van der Waals surface area (Å²) < 4.78 is 0. The summed E-state index contributed by atoms with van der Waals surface area (Å²) >= 11 is 1.49. The number of thiophene rings is 1. The van der Waals surface area contributed by atoms with Gasteiger partial charge in [0.2, 0.25) is 5.91 Å². The molecule has 0 spiro atoms. The summed E-state index contributed by atoms with van der Waals surface area (Å²) in [7, 11) is 0. The first kappa shape index (κ1) is 17.1. The van der Waals surface area contributed by atoms with Crippen molar-refractivity contribution >= 4 is 22.9 Å². The number of benzene rings is 1. The zero-order chi connectivity index (χ0) is 16.7. The van der Waals surface area contributed by atoms with Gasteiger partial charge in [-0.1, -0.05) is 19.1 Å². The van der Waals surface area contributed by atoms with E-state index in [1.165, 1.54) is 17.4 Å². The quantitative estimate of drug-likeness (QED) is 0.574. The maximum Gasteiger partial charge on any atom is 0.278 e. The van der Waals surface area contributed by atoms with Gasteiger partial charge in [-0.15, -0.1) is 11.3 Å². The first-order valence-electron chi connectivity index (χ1n) is 7.41. The van der Waals surface area contributed by atoms with Crippen LogP contribution in [0.5, 0.6) is 0 Å². The van der Waals surface area contributed by atoms with Crippen LogP contribution in [0.15, 0.2) is 36.4 Å². The van der Waals surface area contributed by atoms with E-state index >= 15 is 0 Å². The molecule has 7 heteroatoms. The summed E-state index contributed by atoms with van der Waals surface area (Å²) in [5.74, 6) is -0.0256. The van der Waals surface area contributed by atoms with Gasteiger partial charge in [0.1, 0.15) is 0 Å². The average molecular weight is 333 g/mol. The van der Waals surface area contributed by atoms with Crippen molar-refractivity contribution in [1.29, 1.82) is 0 Å². The van der Waals surface area contributed by atoms with E-state index < -0.39 is 0 Å². The average Bonchev–Trinajstić information content (AvgIpc) is 3.01. The van der Waals surface area contributed by atoms with Gasteiger partial charge in [-0.05, 0) is 24.6 Å². The third-order valence-corrected chi connectivity index (χ3v) is 4.30. The van der Waals surface area contributed by atoms with Crippen molar-refractivity contribution in [2.24, 2.45) is 0 Å². The Balaban J connectivity index is 1.96. The van der Waals surface area contributed by atoms with Gasteiger partial charge in [0, 0.05) is 28.9 Å². The van der Waals surface area contributed by atoms with Gasteiger partial charge in [0.25, 0.3) is 5.69 Å². The lowest BCUT2D eigenvalue weighted by atomic mass is 10.1. The number of hydrogen-bond acceptors (Lipinski definition) is 5. The molecule has 1 heterocycles. The highest BCUT2D eigenvalue weighted by Gasteiger charge is 2.15. The molecule has 0 aliphatic rings. The minimum Gasteiger partial charge on any atom is -0.355 e. The van der Waals surface area contributed by atoms with Gasteiger partial charge in [0.05, 0.1) is 17.0 Å². The zero-order valence-corrected chi connectivity index (χ0v) is 13.7. The van der Waals surface area contributed by atoms with Crippen LogP contribution in [0.4, 0.5) is 5.69 Å². The molecule has 2 N–H and O–H groups in total.